The molecule has 6 heteroatoms. The minimum atomic E-state index is -3.60. The van der Waals surface area contributed by atoms with E-state index in [9.17, 15) is 8.42 Å². The van der Waals surface area contributed by atoms with E-state index in [1.54, 1.807) is 0 Å². The first-order valence-corrected chi connectivity index (χ1v) is 8.34. The Labute approximate surface area is 125 Å². The van der Waals surface area contributed by atoms with Gasteiger partial charge in [-0.25, -0.2) is 13.1 Å². The van der Waals surface area contributed by atoms with Crippen LogP contribution < -0.4 is 4.72 Å². The predicted molar refractivity (Wildman–Crippen MR) is 80.0 cm³/mol. The first kappa shape index (κ1) is 17.0. The van der Waals surface area contributed by atoms with Crippen molar-refractivity contribution >= 4 is 21.6 Å². The van der Waals surface area contributed by atoms with Gasteiger partial charge in [-0.15, -0.1) is 0 Å². The number of benzene rings is 1. The molecule has 1 aromatic carbocycles. The van der Waals surface area contributed by atoms with Gasteiger partial charge in [0.25, 0.3) is 0 Å². The molecule has 0 saturated heterocycles. The highest BCUT2D eigenvalue weighted by atomic mass is 35.5. The van der Waals surface area contributed by atoms with Crippen molar-refractivity contribution in [3.8, 4) is 6.07 Å². The number of nitrogens with zero attached hydrogens (tertiary/aromatic N) is 1. The Hall–Kier alpha value is -1.09. The second-order valence-electron chi connectivity index (χ2n) is 5.25. The molecule has 20 heavy (non-hydrogen) atoms. The van der Waals surface area contributed by atoms with Gasteiger partial charge in [-0.1, -0.05) is 25.4 Å². The molecule has 0 aliphatic rings. The molecule has 1 N–H and O–H groups in total. The van der Waals surface area contributed by atoms with Crippen LogP contribution in [0.3, 0.4) is 0 Å². The van der Waals surface area contributed by atoms with E-state index < -0.39 is 10.0 Å². The summed E-state index contributed by atoms with van der Waals surface area (Å²) in [6.07, 6.45) is 1.73. The molecule has 1 atom stereocenters. The van der Waals surface area contributed by atoms with Crippen molar-refractivity contribution in [2.45, 2.75) is 44.6 Å². The first-order chi connectivity index (χ1) is 9.26. The van der Waals surface area contributed by atoms with Crippen molar-refractivity contribution in [3.05, 3.63) is 28.8 Å². The third-order valence-corrected chi connectivity index (χ3v) is 4.80. The summed E-state index contributed by atoms with van der Waals surface area (Å²) in [7, 11) is -3.60. The highest BCUT2D eigenvalue weighted by Gasteiger charge is 2.18. The van der Waals surface area contributed by atoms with E-state index in [2.05, 4.69) is 18.6 Å². The summed E-state index contributed by atoms with van der Waals surface area (Å²) in [4.78, 5) is 0.0814. The molecule has 0 aliphatic heterocycles. The van der Waals surface area contributed by atoms with E-state index in [1.165, 1.54) is 18.2 Å². The number of sulfonamides is 1. The Morgan fingerprint density at radius 2 is 1.95 bits per heavy atom. The van der Waals surface area contributed by atoms with E-state index in [0.717, 1.165) is 12.8 Å². The molecular weight excluding hydrogens is 296 g/mol. The van der Waals surface area contributed by atoms with Gasteiger partial charge in [-0.2, -0.15) is 5.26 Å². The molecule has 0 aromatic heterocycles. The molecule has 110 valence electrons. The lowest BCUT2D eigenvalue weighted by atomic mass is 10.1. The molecule has 0 spiro atoms. The van der Waals surface area contributed by atoms with Crippen LogP contribution in [0.2, 0.25) is 5.02 Å². The molecule has 0 heterocycles. The molecule has 0 fully saturated rings. The lowest BCUT2D eigenvalue weighted by Crippen LogP contribution is -2.32. The lowest BCUT2D eigenvalue weighted by Gasteiger charge is -2.15. The minimum absolute atomic E-state index is 0.0814. The number of rotatable bonds is 6. The van der Waals surface area contributed by atoms with Crippen LogP contribution in [0.5, 0.6) is 0 Å². The maximum absolute atomic E-state index is 12.2. The number of halogens is 1. The largest absolute Gasteiger partial charge is 0.240 e. The van der Waals surface area contributed by atoms with Crippen LogP contribution in [-0.2, 0) is 10.0 Å². The number of nitriles is 1. The van der Waals surface area contributed by atoms with Gasteiger partial charge < -0.3 is 0 Å². The number of nitrogens with one attached hydrogen (secondary N) is 1. The fraction of sp³-hybridized carbons (Fsp3) is 0.500. The van der Waals surface area contributed by atoms with Crippen LogP contribution in [0, 0.1) is 17.2 Å². The first-order valence-electron chi connectivity index (χ1n) is 6.48. The maximum Gasteiger partial charge on any atom is 0.240 e. The third-order valence-electron chi connectivity index (χ3n) is 2.90. The maximum atomic E-state index is 12.2. The molecule has 0 radical (unpaired) electrons. The summed E-state index contributed by atoms with van der Waals surface area (Å²) in [6, 6.07) is 5.86. The highest BCUT2D eigenvalue weighted by molar-refractivity contribution is 7.89. The van der Waals surface area contributed by atoms with Crippen LogP contribution in [0.25, 0.3) is 0 Å². The molecular formula is C14H19ClN2O2S. The Kier molecular flexibility index (Phi) is 6.00. The molecule has 1 unspecified atom stereocenters. The zero-order valence-electron chi connectivity index (χ0n) is 11.9. The standard InChI is InChI=1S/C14H19ClN2O2S/c1-10(2)4-5-11(3)17-20(18,19)13-7-6-12(9-16)14(15)8-13/h6-8,10-11,17H,4-5H2,1-3H3. The van der Waals surface area contributed by atoms with E-state index in [4.69, 9.17) is 16.9 Å². The molecule has 1 rings (SSSR count). The van der Waals surface area contributed by atoms with Gasteiger partial charge >= 0.3 is 0 Å². The molecule has 0 saturated carbocycles. The van der Waals surface area contributed by atoms with Crippen LogP contribution >= 0.6 is 11.6 Å². The summed E-state index contributed by atoms with van der Waals surface area (Å²) in [5, 5.41) is 8.92. The smallest absolute Gasteiger partial charge is 0.208 e. The van der Waals surface area contributed by atoms with Gasteiger partial charge in [0.05, 0.1) is 15.5 Å². The van der Waals surface area contributed by atoms with Gasteiger partial charge in [0.1, 0.15) is 6.07 Å². The van der Waals surface area contributed by atoms with E-state index in [1.807, 2.05) is 13.0 Å². The van der Waals surface area contributed by atoms with Gasteiger partial charge in [-0.05, 0) is 43.9 Å². The summed E-state index contributed by atoms with van der Waals surface area (Å²) >= 11 is 5.86. The van der Waals surface area contributed by atoms with Gasteiger partial charge in [0.15, 0.2) is 0 Å². The Morgan fingerprint density at radius 3 is 2.45 bits per heavy atom. The fourth-order valence-electron chi connectivity index (χ4n) is 1.73. The minimum Gasteiger partial charge on any atom is -0.208 e. The second kappa shape index (κ2) is 7.07. The van der Waals surface area contributed by atoms with Gasteiger partial charge in [0, 0.05) is 6.04 Å². The normalized spacial score (nSPS) is 13.2. The van der Waals surface area contributed by atoms with Crippen molar-refractivity contribution in [2.24, 2.45) is 5.92 Å². The SMILES string of the molecule is CC(C)CCC(C)NS(=O)(=O)c1ccc(C#N)c(Cl)c1. The fourth-order valence-corrected chi connectivity index (χ4v) is 3.32. The zero-order valence-corrected chi connectivity index (χ0v) is 13.4. The predicted octanol–water partition coefficient (Wildman–Crippen LogP) is 3.31. The average molecular weight is 315 g/mol. The van der Waals surface area contributed by atoms with Crippen molar-refractivity contribution < 1.29 is 8.42 Å². The van der Waals surface area contributed by atoms with Gasteiger partial charge in [0.2, 0.25) is 10.0 Å². The van der Waals surface area contributed by atoms with Crippen molar-refractivity contribution in [3.63, 3.8) is 0 Å². The van der Waals surface area contributed by atoms with Crippen molar-refractivity contribution in [1.29, 1.82) is 5.26 Å². The van der Waals surface area contributed by atoms with E-state index >= 15 is 0 Å². The van der Waals surface area contributed by atoms with Crippen LogP contribution in [0.4, 0.5) is 0 Å². The quantitative estimate of drug-likeness (QED) is 0.875. The Bertz CT molecular complexity index is 606. The Balaban J connectivity index is 2.84. The molecule has 0 amide bonds. The number of hydrogen-bond acceptors (Lipinski definition) is 3. The van der Waals surface area contributed by atoms with E-state index in [0.29, 0.717) is 5.92 Å². The summed E-state index contributed by atoms with van der Waals surface area (Å²) in [6.45, 7) is 6.04. The van der Waals surface area contributed by atoms with E-state index in [-0.39, 0.29) is 21.5 Å². The average Bonchev–Trinajstić information content (AvgIpc) is 2.35. The molecule has 4 nitrogen and oxygen atoms in total. The van der Waals surface area contributed by atoms with Crippen molar-refractivity contribution in [2.75, 3.05) is 0 Å². The van der Waals surface area contributed by atoms with Crippen LogP contribution in [-0.4, -0.2) is 14.5 Å². The Morgan fingerprint density at radius 1 is 1.30 bits per heavy atom. The van der Waals surface area contributed by atoms with Crippen molar-refractivity contribution in [1.82, 2.24) is 4.72 Å². The van der Waals surface area contributed by atoms with Crippen LogP contribution in [0.1, 0.15) is 39.2 Å². The summed E-state index contributed by atoms with van der Waals surface area (Å²) in [5.74, 6) is 0.534. The second-order valence-corrected chi connectivity index (χ2v) is 7.37. The van der Waals surface area contributed by atoms with Gasteiger partial charge in [-0.3, -0.25) is 0 Å². The molecule has 0 aliphatic carbocycles. The van der Waals surface area contributed by atoms with Crippen LogP contribution in [0.15, 0.2) is 23.1 Å². The lowest BCUT2D eigenvalue weighted by molar-refractivity contribution is 0.485. The summed E-state index contributed by atoms with van der Waals surface area (Å²) in [5.41, 5.74) is 0.262. The third kappa shape index (κ3) is 4.78. The molecule has 1 aromatic rings. The number of hydrogen-bond donors (Lipinski definition) is 1. The molecule has 0 bridgehead atoms. The monoisotopic (exact) mass is 314 g/mol. The topological polar surface area (TPSA) is 70.0 Å². The summed E-state index contributed by atoms with van der Waals surface area (Å²) < 4.78 is 27.0. The highest BCUT2D eigenvalue weighted by Crippen LogP contribution is 2.20. The zero-order chi connectivity index (χ0) is 15.3.